The van der Waals surface area contributed by atoms with Gasteiger partial charge in [-0.05, 0) is 54.8 Å². The van der Waals surface area contributed by atoms with E-state index in [1.807, 2.05) is 13.8 Å². The Hall–Kier alpha value is -2.96. The van der Waals surface area contributed by atoms with Gasteiger partial charge in [-0.25, -0.2) is 13.6 Å². The summed E-state index contributed by atoms with van der Waals surface area (Å²) in [6.45, 7) is 5.60. The van der Waals surface area contributed by atoms with Crippen LogP contribution in [0.4, 0.5) is 25.0 Å². The number of urea groups is 1. The monoisotopic (exact) mass is 375 g/mol. The van der Waals surface area contributed by atoms with Crippen molar-refractivity contribution in [1.82, 2.24) is 5.32 Å². The molecule has 2 aromatic carbocycles. The molecular formula is C20H23F2N3O2. The SMILES string of the molecule is CC(C)CC(=O)Nc1ccc(NC(=O)N[C@H](C)c2ccc(F)c(F)c2)cc1. The molecule has 5 nitrogen and oxygen atoms in total. The largest absolute Gasteiger partial charge is 0.331 e. The van der Waals surface area contributed by atoms with Crippen LogP contribution >= 0.6 is 0 Å². The molecule has 0 saturated carbocycles. The van der Waals surface area contributed by atoms with E-state index in [1.54, 1.807) is 31.2 Å². The van der Waals surface area contributed by atoms with Gasteiger partial charge in [0.25, 0.3) is 0 Å². The Morgan fingerprint density at radius 1 is 0.889 bits per heavy atom. The number of rotatable bonds is 6. The number of hydrogen-bond acceptors (Lipinski definition) is 2. The van der Waals surface area contributed by atoms with E-state index in [2.05, 4.69) is 16.0 Å². The molecule has 0 unspecified atom stereocenters. The highest BCUT2D eigenvalue weighted by Crippen LogP contribution is 2.17. The lowest BCUT2D eigenvalue weighted by Crippen LogP contribution is -2.31. The summed E-state index contributed by atoms with van der Waals surface area (Å²) in [6, 6.07) is 9.19. The molecule has 0 aliphatic rings. The molecule has 0 fully saturated rings. The van der Waals surface area contributed by atoms with Gasteiger partial charge in [-0.15, -0.1) is 0 Å². The zero-order valence-electron chi connectivity index (χ0n) is 15.5. The summed E-state index contributed by atoms with van der Waals surface area (Å²) in [7, 11) is 0. The van der Waals surface area contributed by atoms with Gasteiger partial charge in [-0.1, -0.05) is 19.9 Å². The number of hydrogen-bond donors (Lipinski definition) is 3. The minimum atomic E-state index is -0.961. The van der Waals surface area contributed by atoms with Crippen LogP contribution < -0.4 is 16.0 Å². The van der Waals surface area contributed by atoms with Gasteiger partial charge >= 0.3 is 6.03 Å². The first-order valence-electron chi connectivity index (χ1n) is 8.67. The van der Waals surface area contributed by atoms with E-state index in [0.29, 0.717) is 23.4 Å². The molecule has 0 aliphatic heterocycles. The van der Waals surface area contributed by atoms with Crippen LogP contribution in [0.1, 0.15) is 38.8 Å². The summed E-state index contributed by atoms with van der Waals surface area (Å²) < 4.78 is 26.3. The number of nitrogens with one attached hydrogen (secondary N) is 3. The van der Waals surface area contributed by atoms with Gasteiger partial charge in [0.2, 0.25) is 5.91 Å². The second-order valence-electron chi connectivity index (χ2n) is 6.72. The average molecular weight is 375 g/mol. The Labute approximate surface area is 157 Å². The highest BCUT2D eigenvalue weighted by atomic mass is 19.2. The van der Waals surface area contributed by atoms with Crippen molar-refractivity contribution >= 4 is 23.3 Å². The van der Waals surface area contributed by atoms with E-state index in [4.69, 9.17) is 0 Å². The van der Waals surface area contributed by atoms with Gasteiger partial charge in [0.1, 0.15) is 0 Å². The maximum Gasteiger partial charge on any atom is 0.319 e. The summed E-state index contributed by atoms with van der Waals surface area (Å²) >= 11 is 0. The summed E-state index contributed by atoms with van der Waals surface area (Å²) in [5, 5.41) is 8.09. The first-order chi connectivity index (χ1) is 12.7. The smallest absolute Gasteiger partial charge is 0.319 e. The molecule has 27 heavy (non-hydrogen) atoms. The molecule has 3 amide bonds. The zero-order chi connectivity index (χ0) is 20.0. The van der Waals surface area contributed by atoms with Crippen molar-refractivity contribution in [2.45, 2.75) is 33.2 Å². The average Bonchev–Trinajstić information content (AvgIpc) is 2.58. The molecule has 0 aliphatic carbocycles. The van der Waals surface area contributed by atoms with Gasteiger partial charge < -0.3 is 16.0 Å². The molecule has 0 saturated heterocycles. The number of carbonyl (C=O) groups is 2. The van der Waals surface area contributed by atoms with Crippen molar-refractivity contribution in [2.24, 2.45) is 5.92 Å². The normalized spacial score (nSPS) is 11.8. The zero-order valence-corrected chi connectivity index (χ0v) is 15.5. The summed E-state index contributed by atoms with van der Waals surface area (Å²) in [6.07, 6.45) is 0.435. The number of anilines is 2. The Morgan fingerprint density at radius 3 is 2.04 bits per heavy atom. The summed E-state index contributed by atoms with van der Waals surface area (Å²) in [5.41, 5.74) is 1.63. The van der Waals surface area contributed by atoms with Crippen LogP contribution in [-0.2, 0) is 4.79 Å². The van der Waals surface area contributed by atoms with Crippen molar-refractivity contribution in [3.63, 3.8) is 0 Å². The van der Waals surface area contributed by atoms with Gasteiger partial charge in [-0.2, -0.15) is 0 Å². The third kappa shape index (κ3) is 6.36. The molecule has 2 rings (SSSR count). The molecule has 3 N–H and O–H groups in total. The summed E-state index contributed by atoms with van der Waals surface area (Å²) in [5.74, 6) is -1.69. The van der Waals surface area contributed by atoms with Crippen molar-refractivity contribution in [2.75, 3.05) is 10.6 Å². The van der Waals surface area contributed by atoms with E-state index in [9.17, 15) is 18.4 Å². The van der Waals surface area contributed by atoms with E-state index < -0.39 is 23.7 Å². The lowest BCUT2D eigenvalue weighted by atomic mass is 10.1. The number of carbonyl (C=O) groups excluding carboxylic acids is 2. The van der Waals surface area contributed by atoms with Crippen LogP contribution in [0.15, 0.2) is 42.5 Å². The maximum absolute atomic E-state index is 13.3. The maximum atomic E-state index is 13.3. The van der Waals surface area contributed by atoms with Crippen molar-refractivity contribution in [1.29, 1.82) is 0 Å². The molecule has 7 heteroatoms. The van der Waals surface area contributed by atoms with Gasteiger partial charge in [0, 0.05) is 17.8 Å². The predicted octanol–water partition coefficient (Wildman–Crippen LogP) is 4.83. The van der Waals surface area contributed by atoms with E-state index in [-0.39, 0.29) is 11.8 Å². The Morgan fingerprint density at radius 2 is 1.48 bits per heavy atom. The predicted molar refractivity (Wildman–Crippen MR) is 101 cm³/mol. The number of halogens is 2. The van der Waals surface area contributed by atoms with Gasteiger partial charge in [0.05, 0.1) is 6.04 Å². The van der Waals surface area contributed by atoms with Crippen LogP contribution in [0.5, 0.6) is 0 Å². The minimum Gasteiger partial charge on any atom is -0.331 e. The molecule has 0 aromatic heterocycles. The standard InChI is InChI=1S/C20H23F2N3O2/c1-12(2)10-19(26)24-15-5-7-16(8-6-15)25-20(27)23-13(3)14-4-9-17(21)18(22)11-14/h4-9,11-13H,10H2,1-3H3,(H,24,26)(H2,23,25,27)/t13-/m1/s1. The quantitative estimate of drug-likeness (QED) is 0.677. The second kappa shape index (κ2) is 9.12. The van der Waals surface area contributed by atoms with Crippen LogP contribution in [0, 0.1) is 17.6 Å². The van der Waals surface area contributed by atoms with Gasteiger partial charge in [-0.3, -0.25) is 4.79 Å². The van der Waals surface area contributed by atoms with Crippen molar-refractivity contribution < 1.29 is 18.4 Å². The Kier molecular flexibility index (Phi) is 6.87. The molecule has 0 bridgehead atoms. The van der Waals surface area contributed by atoms with Crippen molar-refractivity contribution in [3.8, 4) is 0 Å². The molecular weight excluding hydrogens is 352 g/mol. The van der Waals surface area contributed by atoms with Crippen LogP contribution in [0.25, 0.3) is 0 Å². The van der Waals surface area contributed by atoms with Crippen LogP contribution in [0.3, 0.4) is 0 Å². The first-order valence-corrected chi connectivity index (χ1v) is 8.67. The van der Waals surface area contributed by atoms with Crippen LogP contribution in [-0.4, -0.2) is 11.9 Å². The third-order valence-electron chi connectivity index (χ3n) is 3.81. The van der Waals surface area contributed by atoms with Crippen molar-refractivity contribution in [3.05, 3.63) is 59.7 Å². The fourth-order valence-corrected chi connectivity index (χ4v) is 2.45. The molecule has 1 atom stereocenters. The molecule has 0 radical (unpaired) electrons. The highest BCUT2D eigenvalue weighted by molar-refractivity contribution is 5.92. The van der Waals surface area contributed by atoms with E-state index in [1.165, 1.54) is 6.07 Å². The Balaban J connectivity index is 1.89. The molecule has 2 aromatic rings. The van der Waals surface area contributed by atoms with E-state index >= 15 is 0 Å². The minimum absolute atomic E-state index is 0.0659. The molecule has 0 spiro atoms. The third-order valence-corrected chi connectivity index (χ3v) is 3.81. The second-order valence-corrected chi connectivity index (χ2v) is 6.72. The first kappa shape index (κ1) is 20.4. The fourth-order valence-electron chi connectivity index (χ4n) is 2.45. The van der Waals surface area contributed by atoms with Crippen LogP contribution in [0.2, 0.25) is 0 Å². The molecule has 144 valence electrons. The lowest BCUT2D eigenvalue weighted by Gasteiger charge is -2.15. The lowest BCUT2D eigenvalue weighted by molar-refractivity contribution is -0.116. The summed E-state index contributed by atoms with van der Waals surface area (Å²) in [4.78, 5) is 23.8. The Bertz CT molecular complexity index is 807. The van der Waals surface area contributed by atoms with Gasteiger partial charge in [0.15, 0.2) is 11.6 Å². The molecule has 0 heterocycles. The topological polar surface area (TPSA) is 70.2 Å². The highest BCUT2D eigenvalue weighted by Gasteiger charge is 2.12. The number of benzene rings is 2. The fraction of sp³-hybridized carbons (Fsp3) is 0.300. The number of amides is 3. The van der Waals surface area contributed by atoms with E-state index in [0.717, 1.165) is 12.1 Å².